The Bertz CT molecular complexity index is 745. The number of aliphatic hydroxyl groups is 2. The van der Waals surface area contributed by atoms with Gasteiger partial charge in [0.25, 0.3) is 0 Å². The van der Waals surface area contributed by atoms with Crippen molar-refractivity contribution in [3.63, 3.8) is 0 Å². The predicted molar refractivity (Wildman–Crippen MR) is 115 cm³/mol. The average molecular weight is 438 g/mol. The van der Waals surface area contributed by atoms with Gasteiger partial charge in [-0.05, 0) is 69.8 Å². The van der Waals surface area contributed by atoms with Gasteiger partial charge in [0.1, 0.15) is 5.60 Å². The first-order valence-corrected chi connectivity index (χ1v) is 11.7. The second-order valence-corrected chi connectivity index (χ2v) is 11.1. The normalized spacial score (nSPS) is 42.3. The maximum absolute atomic E-state index is 13.4. The molecule has 4 unspecified atom stereocenters. The molecule has 4 aliphatic rings. The van der Waals surface area contributed by atoms with Crippen molar-refractivity contribution in [1.29, 1.82) is 0 Å². The number of carbonyl (C=O) groups is 1. The van der Waals surface area contributed by atoms with Gasteiger partial charge in [-0.25, -0.2) is 4.79 Å². The molecule has 2 aliphatic carbocycles. The highest BCUT2D eigenvalue weighted by atomic mass is 16.7. The van der Waals surface area contributed by atoms with Gasteiger partial charge in [-0.15, -0.1) is 0 Å². The summed E-state index contributed by atoms with van der Waals surface area (Å²) in [6.45, 7) is 10.9. The van der Waals surface area contributed by atoms with Gasteiger partial charge < -0.3 is 24.4 Å². The van der Waals surface area contributed by atoms with Crippen molar-refractivity contribution in [2.75, 3.05) is 33.5 Å². The zero-order chi connectivity index (χ0) is 22.7. The number of aliphatic hydroxyl groups excluding tert-OH is 2. The van der Waals surface area contributed by atoms with Crippen LogP contribution in [0.2, 0.25) is 0 Å². The number of methoxy groups -OCH3 is 1. The molecule has 31 heavy (non-hydrogen) atoms. The number of hydrogen-bond donors (Lipinski definition) is 2. The number of ether oxygens (including phenoxy) is 3. The minimum absolute atomic E-state index is 0.00629. The largest absolute Gasteiger partial charge is 0.444 e. The lowest BCUT2D eigenvalue weighted by Gasteiger charge is -2.63. The lowest BCUT2D eigenvalue weighted by Crippen LogP contribution is -2.69. The first kappa shape index (κ1) is 23.0. The van der Waals surface area contributed by atoms with Crippen molar-refractivity contribution < 1.29 is 29.2 Å². The Labute approximate surface area is 185 Å². The molecule has 1 amide bonds. The minimum Gasteiger partial charge on any atom is -0.444 e. The van der Waals surface area contributed by atoms with E-state index < -0.39 is 11.1 Å². The fourth-order valence-electron chi connectivity index (χ4n) is 7.00. The molecule has 0 radical (unpaired) electrons. The van der Waals surface area contributed by atoms with E-state index in [-0.39, 0.29) is 61.1 Å². The van der Waals surface area contributed by atoms with Crippen molar-refractivity contribution >= 4 is 6.09 Å². The Morgan fingerprint density at radius 3 is 2.48 bits per heavy atom. The van der Waals surface area contributed by atoms with E-state index in [9.17, 15) is 15.0 Å². The summed E-state index contributed by atoms with van der Waals surface area (Å²) in [5, 5.41) is 20.5. The van der Waals surface area contributed by atoms with Crippen LogP contribution < -0.4 is 0 Å². The van der Waals surface area contributed by atoms with Crippen LogP contribution in [0.5, 0.6) is 0 Å². The maximum Gasteiger partial charge on any atom is 0.411 e. The van der Waals surface area contributed by atoms with E-state index in [0.717, 1.165) is 12.8 Å². The van der Waals surface area contributed by atoms with Crippen molar-refractivity contribution in [2.45, 2.75) is 64.9 Å². The highest BCUT2D eigenvalue weighted by molar-refractivity contribution is 5.71. The Hall–Kier alpha value is -1.15. The van der Waals surface area contributed by atoms with E-state index in [2.05, 4.69) is 13.8 Å². The third kappa shape index (κ3) is 3.52. The summed E-state index contributed by atoms with van der Waals surface area (Å²) >= 11 is 0. The Morgan fingerprint density at radius 1 is 1.23 bits per heavy atom. The summed E-state index contributed by atoms with van der Waals surface area (Å²) in [6, 6.07) is 0. The second-order valence-electron chi connectivity index (χ2n) is 11.1. The quantitative estimate of drug-likeness (QED) is 0.660. The van der Waals surface area contributed by atoms with Crippen LogP contribution in [0.25, 0.3) is 0 Å². The molecule has 1 saturated carbocycles. The van der Waals surface area contributed by atoms with Crippen LogP contribution in [0.4, 0.5) is 4.79 Å². The molecule has 7 heteroatoms. The number of nitrogens with zero attached hydrogens (tertiary/aromatic N) is 1. The van der Waals surface area contributed by atoms with Gasteiger partial charge in [-0.3, -0.25) is 4.90 Å². The van der Waals surface area contributed by atoms with Crippen LogP contribution in [0.3, 0.4) is 0 Å². The first-order chi connectivity index (χ1) is 14.6. The van der Waals surface area contributed by atoms with E-state index in [0.29, 0.717) is 13.2 Å². The van der Waals surface area contributed by atoms with Crippen molar-refractivity contribution in [1.82, 2.24) is 4.90 Å². The molecule has 1 saturated heterocycles. The summed E-state index contributed by atoms with van der Waals surface area (Å²) in [5.41, 5.74) is 1.50. The van der Waals surface area contributed by atoms with Gasteiger partial charge in [-0.2, -0.15) is 0 Å². The summed E-state index contributed by atoms with van der Waals surface area (Å²) in [6.07, 6.45) is 1.23. The van der Waals surface area contributed by atoms with Gasteiger partial charge in [-0.1, -0.05) is 12.5 Å². The van der Waals surface area contributed by atoms with Crippen LogP contribution >= 0.6 is 0 Å². The van der Waals surface area contributed by atoms with Crippen molar-refractivity contribution in [3.8, 4) is 0 Å². The second kappa shape index (κ2) is 8.01. The van der Waals surface area contributed by atoms with Gasteiger partial charge in [0.2, 0.25) is 0 Å². The Morgan fingerprint density at radius 2 is 1.90 bits per heavy atom. The fraction of sp³-hybridized carbons (Fsp3) is 0.875. The maximum atomic E-state index is 13.4. The van der Waals surface area contributed by atoms with Crippen LogP contribution in [0.1, 0.15) is 47.5 Å². The molecule has 2 fully saturated rings. The van der Waals surface area contributed by atoms with E-state index >= 15 is 0 Å². The molecule has 2 N–H and O–H groups in total. The zero-order valence-electron chi connectivity index (χ0n) is 19.8. The van der Waals surface area contributed by atoms with Crippen molar-refractivity contribution in [2.24, 2.45) is 35.5 Å². The predicted octanol–water partition coefficient (Wildman–Crippen LogP) is 2.80. The molecular formula is C24H39NO6. The summed E-state index contributed by atoms with van der Waals surface area (Å²) in [5.74, 6) is 0.592. The lowest BCUT2D eigenvalue weighted by molar-refractivity contribution is -0.241. The van der Waals surface area contributed by atoms with Crippen molar-refractivity contribution in [3.05, 3.63) is 11.1 Å². The third-order valence-corrected chi connectivity index (χ3v) is 8.38. The molecular weight excluding hydrogens is 398 g/mol. The number of hydrogen-bond acceptors (Lipinski definition) is 6. The first-order valence-electron chi connectivity index (χ1n) is 11.7. The highest BCUT2D eigenvalue weighted by Gasteiger charge is 2.62. The van der Waals surface area contributed by atoms with Gasteiger partial charge in [0.05, 0.1) is 12.1 Å². The van der Waals surface area contributed by atoms with E-state index in [1.807, 2.05) is 25.7 Å². The van der Waals surface area contributed by atoms with Crippen LogP contribution in [-0.2, 0) is 14.2 Å². The molecule has 0 aromatic carbocycles. The number of rotatable bonds is 3. The Balaban J connectivity index is 1.84. The van der Waals surface area contributed by atoms with E-state index in [1.165, 1.54) is 11.1 Å². The number of carbonyl (C=O) groups excluding carboxylic acids is 1. The standard InChI is InChI=1S/C24H39NO6/c1-13-16-9-25(22(28)31-23(2,3)4)24(5)12-30-21(29-6)15-8-7-14(19(16)20(15)24)18(11-27)17(13)10-26/h13-15,17-18,20-21,26-27H,7-12H2,1-6H3/t13-,14?,15+,17?,18?,20+,21?,24+/m0/s1. The fourth-order valence-corrected chi connectivity index (χ4v) is 7.00. The minimum atomic E-state index is -0.588. The molecule has 176 valence electrons. The van der Waals surface area contributed by atoms with E-state index in [1.54, 1.807) is 7.11 Å². The monoisotopic (exact) mass is 437 g/mol. The Kier molecular flexibility index (Phi) is 5.95. The molecule has 7 nitrogen and oxygen atoms in total. The lowest BCUT2D eigenvalue weighted by atomic mass is 9.51. The zero-order valence-corrected chi connectivity index (χ0v) is 19.8. The summed E-state index contributed by atoms with van der Waals surface area (Å²) in [7, 11) is 1.69. The molecule has 2 aliphatic heterocycles. The highest BCUT2D eigenvalue weighted by Crippen LogP contribution is 2.60. The number of amides is 1. The third-order valence-electron chi connectivity index (χ3n) is 8.38. The summed E-state index contributed by atoms with van der Waals surface area (Å²) < 4.78 is 17.7. The smallest absolute Gasteiger partial charge is 0.411 e. The average Bonchev–Trinajstić information content (AvgIpc) is 2.70. The van der Waals surface area contributed by atoms with Crippen LogP contribution in [0.15, 0.2) is 11.1 Å². The van der Waals surface area contributed by atoms with E-state index in [4.69, 9.17) is 14.2 Å². The summed E-state index contributed by atoms with van der Waals surface area (Å²) in [4.78, 5) is 15.3. The topological polar surface area (TPSA) is 88.5 Å². The SMILES string of the molecule is COC1OC[C@]2(C)[C@H]3C4=C(CN2C(=O)OC(C)(C)C)[C@H](C)C(CO)C(CO)C4CC[C@@H]13. The molecule has 0 aromatic rings. The van der Waals surface area contributed by atoms with Gasteiger partial charge in [0.15, 0.2) is 6.29 Å². The molecule has 0 bridgehead atoms. The van der Waals surface area contributed by atoms with Crippen LogP contribution in [-0.4, -0.2) is 72.1 Å². The molecule has 4 rings (SSSR count). The molecule has 2 heterocycles. The molecule has 0 spiro atoms. The molecule has 8 atom stereocenters. The van der Waals surface area contributed by atoms with Gasteiger partial charge in [0, 0.05) is 38.7 Å². The van der Waals surface area contributed by atoms with Crippen LogP contribution in [0, 0.1) is 35.5 Å². The van der Waals surface area contributed by atoms with Gasteiger partial charge >= 0.3 is 6.09 Å². The molecule has 0 aromatic heterocycles.